The molecule has 0 heterocycles. The molecular formula is C14H26FNO. The van der Waals surface area contributed by atoms with Crippen LogP contribution >= 0.6 is 0 Å². The molecule has 0 radical (unpaired) electrons. The van der Waals surface area contributed by atoms with E-state index < -0.39 is 11.8 Å². The van der Waals surface area contributed by atoms with Crippen LogP contribution in [0.2, 0.25) is 0 Å². The number of alkyl halides is 1. The lowest BCUT2D eigenvalue weighted by Gasteiger charge is -2.40. The number of halogens is 1. The molecule has 100 valence electrons. The van der Waals surface area contributed by atoms with Crippen molar-refractivity contribution in [1.82, 2.24) is 4.90 Å². The summed E-state index contributed by atoms with van der Waals surface area (Å²) in [5.74, 6) is 0. The van der Waals surface area contributed by atoms with Gasteiger partial charge in [0.1, 0.15) is 6.17 Å². The molecule has 2 atom stereocenters. The zero-order valence-corrected chi connectivity index (χ0v) is 11.0. The van der Waals surface area contributed by atoms with Gasteiger partial charge < -0.3 is 5.11 Å². The van der Waals surface area contributed by atoms with Crippen molar-refractivity contribution in [2.24, 2.45) is 0 Å². The lowest BCUT2D eigenvalue weighted by molar-refractivity contribution is -0.0413. The van der Waals surface area contributed by atoms with E-state index in [4.69, 9.17) is 0 Å². The zero-order valence-electron chi connectivity index (χ0n) is 11.0. The van der Waals surface area contributed by atoms with E-state index in [0.717, 1.165) is 44.9 Å². The first kappa shape index (κ1) is 13.3. The van der Waals surface area contributed by atoms with E-state index in [1.54, 1.807) is 0 Å². The Bertz CT molecular complexity index is 240. The molecule has 17 heavy (non-hydrogen) atoms. The summed E-state index contributed by atoms with van der Waals surface area (Å²) in [5.41, 5.74) is -0.551. The molecule has 0 spiro atoms. The van der Waals surface area contributed by atoms with Crippen LogP contribution in [0, 0.1) is 0 Å². The van der Waals surface area contributed by atoms with Crippen molar-refractivity contribution >= 4 is 0 Å². The highest BCUT2D eigenvalue weighted by atomic mass is 19.1. The highest BCUT2D eigenvalue weighted by molar-refractivity contribution is 4.89. The van der Waals surface area contributed by atoms with Gasteiger partial charge in [-0.15, -0.1) is 0 Å². The van der Waals surface area contributed by atoms with Crippen LogP contribution in [0.3, 0.4) is 0 Å². The van der Waals surface area contributed by atoms with Crippen LogP contribution in [-0.2, 0) is 0 Å². The van der Waals surface area contributed by atoms with E-state index in [0.29, 0.717) is 13.0 Å². The van der Waals surface area contributed by atoms with Crippen LogP contribution in [0.5, 0.6) is 0 Å². The maximum Gasteiger partial charge on any atom is 0.116 e. The molecule has 1 N–H and O–H groups in total. The summed E-state index contributed by atoms with van der Waals surface area (Å²) in [6.45, 7) is 0.651. The third-order valence-electron chi connectivity index (χ3n) is 4.54. The van der Waals surface area contributed by atoms with Crippen LogP contribution in [0.25, 0.3) is 0 Å². The monoisotopic (exact) mass is 243 g/mol. The van der Waals surface area contributed by atoms with E-state index >= 15 is 0 Å². The van der Waals surface area contributed by atoms with E-state index in [9.17, 15) is 9.50 Å². The predicted molar refractivity (Wildman–Crippen MR) is 67.8 cm³/mol. The maximum absolute atomic E-state index is 13.9. The smallest absolute Gasteiger partial charge is 0.116 e. The molecule has 0 amide bonds. The maximum atomic E-state index is 13.9. The summed E-state index contributed by atoms with van der Waals surface area (Å²) in [6, 6.07) is 0.0368. The fraction of sp³-hybridized carbons (Fsp3) is 1.00. The second-order valence-electron chi connectivity index (χ2n) is 6.07. The van der Waals surface area contributed by atoms with E-state index in [1.165, 1.54) is 6.42 Å². The summed E-state index contributed by atoms with van der Waals surface area (Å²) in [6.07, 6.45) is 8.37. The van der Waals surface area contributed by atoms with Crippen molar-refractivity contribution in [3.8, 4) is 0 Å². The van der Waals surface area contributed by atoms with Crippen LogP contribution in [-0.4, -0.2) is 41.4 Å². The zero-order chi connectivity index (χ0) is 12.3. The standard InChI is InChI=1S/C14H26FNO/c1-16(13-8-4-3-7-12(13)15)11-14(17)9-5-2-6-10-14/h12-13,17H,2-11H2,1H3/t12-,13-/m1/s1. The molecule has 2 fully saturated rings. The van der Waals surface area contributed by atoms with Crippen molar-refractivity contribution in [2.45, 2.75) is 75.6 Å². The van der Waals surface area contributed by atoms with Crippen LogP contribution in [0.15, 0.2) is 0 Å². The van der Waals surface area contributed by atoms with E-state index in [2.05, 4.69) is 4.90 Å². The summed E-state index contributed by atoms with van der Waals surface area (Å²) >= 11 is 0. The number of rotatable bonds is 3. The Hall–Kier alpha value is -0.150. The van der Waals surface area contributed by atoms with E-state index in [-0.39, 0.29) is 6.04 Å². The number of hydrogen-bond donors (Lipinski definition) is 1. The van der Waals surface area contributed by atoms with Gasteiger partial charge in [0, 0.05) is 12.6 Å². The normalized spacial score (nSPS) is 33.9. The van der Waals surface area contributed by atoms with Gasteiger partial charge in [-0.05, 0) is 32.7 Å². The quantitative estimate of drug-likeness (QED) is 0.824. The summed E-state index contributed by atoms with van der Waals surface area (Å²) in [5, 5.41) is 10.5. The Balaban J connectivity index is 1.88. The number of hydrogen-bond acceptors (Lipinski definition) is 2. The van der Waals surface area contributed by atoms with Gasteiger partial charge in [0.25, 0.3) is 0 Å². The van der Waals surface area contributed by atoms with Gasteiger partial charge >= 0.3 is 0 Å². The average Bonchev–Trinajstić information content (AvgIpc) is 2.29. The topological polar surface area (TPSA) is 23.5 Å². The molecule has 3 heteroatoms. The molecule has 2 aliphatic carbocycles. The van der Waals surface area contributed by atoms with Crippen LogP contribution in [0.4, 0.5) is 4.39 Å². The first-order valence-electron chi connectivity index (χ1n) is 7.17. The molecular weight excluding hydrogens is 217 g/mol. The first-order chi connectivity index (χ1) is 8.11. The molecule has 2 aliphatic rings. The Morgan fingerprint density at radius 3 is 2.41 bits per heavy atom. The van der Waals surface area contributed by atoms with Crippen molar-refractivity contribution < 1.29 is 9.50 Å². The second kappa shape index (κ2) is 5.66. The lowest BCUT2D eigenvalue weighted by atomic mass is 9.83. The van der Waals surface area contributed by atoms with Crippen molar-refractivity contribution in [2.75, 3.05) is 13.6 Å². The van der Waals surface area contributed by atoms with Gasteiger partial charge in [-0.2, -0.15) is 0 Å². The predicted octanol–water partition coefficient (Wildman–Crippen LogP) is 2.89. The Morgan fingerprint density at radius 2 is 1.76 bits per heavy atom. The fourth-order valence-corrected chi connectivity index (χ4v) is 3.51. The molecule has 0 aromatic rings. The number of likely N-dealkylation sites (N-methyl/N-ethyl adjacent to an activating group) is 1. The molecule has 2 nitrogen and oxygen atoms in total. The number of nitrogens with zero attached hydrogens (tertiary/aromatic N) is 1. The van der Waals surface area contributed by atoms with Crippen molar-refractivity contribution in [3.63, 3.8) is 0 Å². The summed E-state index contributed by atoms with van der Waals surface area (Å²) in [4.78, 5) is 2.08. The molecule has 0 saturated heterocycles. The fourth-order valence-electron chi connectivity index (χ4n) is 3.51. The third kappa shape index (κ3) is 3.41. The van der Waals surface area contributed by atoms with E-state index in [1.807, 2.05) is 7.05 Å². The first-order valence-corrected chi connectivity index (χ1v) is 7.17. The lowest BCUT2D eigenvalue weighted by Crippen LogP contribution is -2.50. The van der Waals surface area contributed by atoms with Crippen molar-refractivity contribution in [3.05, 3.63) is 0 Å². The minimum Gasteiger partial charge on any atom is -0.389 e. The highest BCUT2D eigenvalue weighted by Crippen LogP contribution is 2.31. The average molecular weight is 243 g/mol. The van der Waals surface area contributed by atoms with Gasteiger partial charge in [-0.3, -0.25) is 4.90 Å². The van der Waals surface area contributed by atoms with Crippen LogP contribution < -0.4 is 0 Å². The molecule has 0 aromatic carbocycles. The minimum atomic E-state index is -0.694. The Labute approximate surface area is 104 Å². The molecule has 0 unspecified atom stereocenters. The van der Waals surface area contributed by atoms with Gasteiger partial charge in [0.15, 0.2) is 0 Å². The van der Waals surface area contributed by atoms with Gasteiger partial charge in [0.2, 0.25) is 0 Å². The third-order valence-corrected chi connectivity index (χ3v) is 4.54. The van der Waals surface area contributed by atoms with Gasteiger partial charge in [-0.25, -0.2) is 4.39 Å². The minimum absolute atomic E-state index is 0.0368. The van der Waals surface area contributed by atoms with Crippen molar-refractivity contribution in [1.29, 1.82) is 0 Å². The second-order valence-corrected chi connectivity index (χ2v) is 6.07. The Morgan fingerprint density at radius 1 is 1.12 bits per heavy atom. The molecule has 0 aromatic heterocycles. The molecule has 0 bridgehead atoms. The summed E-state index contributed by atoms with van der Waals surface area (Å²) in [7, 11) is 1.98. The van der Waals surface area contributed by atoms with Crippen LogP contribution in [0.1, 0.15) is 57.8 Å². The Kier molecular flexibility index (Phi) is 4.42. The summed E-state index contributed by atoms with van der Waals surface area (Å²) < 4.78 is 13.9. The molecule has 0 aliphatic heterocycles. The van der Waals surface area contributed by atoms with Gasteiger partial charge in [0.05, 0.1) is 5.60 Å². The van der Waals surface area contributed by atoms with Gasteiger partial charge in [-0.1, -0.05) is 32.1 Å². The molecule has 2 saturated carbocycles. The molecule has 2 rings (SSSR count). The highest BCUT2D eigenvalue weighted by Gasteiger charge is 2.35. The largest absolute Gasteiger partial charge is 0.389 e. The number of aliphatic hydroxyl groups is 1. The SMILES string of the molecule is CN(CC1(O)CCCCC1)[C@@H]1CCCC[C@H]1F.